The molecule has 0 aliphatic carbocycles. The molecule has 61 heavy (non-hydrogen) atoms. The molecular formula is C55H101NO5. The minimum atomic E-state index is -0.795. The van der Waals surface area contributed by atoms with Crippen molar-refractivity contribution in [3.05, 3.63) is 48.6 Å². The number of allylic oxidation sites excluding steroid dienone is 8. The average molecular weight is 856 g/mol. The summed E-state index contributed by atoms with van der Waals surface area (Å²) < 4.78 is 5.91. The van der Waals surface area contributed by atoms with Gasteiger partial charge in [0.2, 0.25) is 5.91 Å². The van der Waals surface area contributed by atoms with E-state index in [9.17, 15) is 19.8 Å². The predicted octanol–water partition coefficient (Wildman–Crippen LogP) is 15.8. The van der Waals surface area contributed by atoms with Crippen LogP contribution in [0.25, 0.3) is 0 Å². The maximum Gasteiger partial charge on any atom is 0.306 e. The second-order valence-electron chi connectivity index (χ2n) is 17.9. The fraction of sp³-hybridized carbons (Fsp3) is 0.818. The van der Waals surface area contributed by atoms with E-state index in [0.717, 1.165) is 77.0 Å². The summed E-state index contributed by atoms with van der Waals surface area (Å²) in [6.45, 7) is 6.44. The lowest BCUT2D eigenvalue weighted by Crippen LogP contribution is -2.46. The van der Waals surface area contributed by atoms with Crippen LogP contribution in [-0.2, 0) is 14.3 Å². The van der Waals surface area contributed by atoms with Crippen molar-refractivity contribution in [3.8, 4) is 0 Å². The first-order valence-electron chi connectivity index (χ1n) is 26.4. The van der Waals surface area contributed by atoms with Gasteiger partial charge in [-0.3, -0.25) is 9.59 Å². The molecule has 1 amide bonds. The van der Waals surface area contributed by atoms with Gasteiger partial charge < -0.3 is 20.3 Å². The van der Waals surface area contributed by atoms with E-state index in [1.807, 2.05) is 0 Å². The molecule has 0 aromatic carbocycles. The van der Waals surface area contributed by atoms with Crippen molar-refractivity contribution in [1.82, 2.24) is 5.32 Å². The van der Waals surface area contributed by atoms with Gasteiger partial charge in [-0.2, -0.15) is 0 Å². The van der Waals surface area contributed by atoms with Crippen LogP contribution < -0.4 is 5.32 Å². The largest absolute Gasteiger partial charge is 0.462 e. The Labute approximate surface area is 378 Å². The first-order chi connectivity index (χ1) is 30.0. The lowest BCUT2D eigenvalue weighted by Gasteiger charge is -2.24. The van der Waals surface area contributed by atoms with Gasteiger partial charge in [0.05, 0.1) is 25.2 Å². The third kappa shape index (κ3) is 44.2. The lowest BCUT2D eigenvalue weighted by molar-refractivity contribution is -0.151. The molecule has 0 aromatic rings. The van der Waals surface area contributed by atoms with Crippen LogP contribution >= 0.6 is 0 Å². The number of carbonyl (C=O) groups is 2. The Morgan fingerprint density at radius 2 is 0.852 bits per heavy atom. The van der Waals surface area contributed by atoms with E-state index in [4.69, 9.17) is 4.74 Å². The molecule has 0 rings (SSSR count). The molecule has 0 fully saturated rings. The Hall–Kier alpha value is -2.18. The highest BCUT2D eigenvalue weighted by Crippen LogP contribution is 2.17. The third-order valence-corrected chi connectivity index (χ3v) is 11.9. The Balaban J connectivity index is 4.57. The van der Waals surface area contributed by atoms with E-state index in [-0.39, 0.29) is 24.9 Å². The number of hydrogen-bond donors (Lipinski definition) is 3. The fourth-order valence-electron chi connectivity index (χ4n) is 7.85. The van der Waals surface area contributed by atoms with Crippen molar-refractivity contribution in [3.63, 3.8) is 0 Å². The van der Waals surface area contributed by atoms with Crippen molar-refractivity contribution in [2.75, 3.05) is 6.61 Å². The number of hydrogen-bond acceptors (Lipinski definition) is 5. The first-order valence-corrected chi connectivity index (χ1v) is 26.4. The molecule has 0 aliphatic rings. The van der Waals surface area contributed by atoms with Gasteiger partial charge >= 0.3 is 5.97 Å². The van der Waals surface area contributed by atoms with Crippen molar-refractivity contribution >= 4 is 11.9 Å². The first kappa shape index (κ1) is 58.8. The maximum atomic E-state index is 13.2. The molecular weight excluding hydrogens is 755 g/mol. The Kier molecular flexibility index (Phi) is 47.1. The lowest BCUT2D eigenvalue weighted by atomic mass is 10.0. The van der Waals surface area contributed by atoms with E-state index in [1.54, 1.807) is 0 Å². The Morgan fingerprint density at radius 3 is 1.34 bits per heavy atom. The van der Waals surface area contributed by atoms with Crippen molar-refractivity contribution in [2.45, 2.75) is 283 Å². The van der Waals surface area contributed by atoms with Crippen LogP contribution in [0.3, 0.4) is 0 Å². The molecule has 0 aromatic heterocycles. The number of amides is 1. The van der Waals surface area contributed by atoms with Crippen molar-refractivity contribution in [1.29, 1.82) is 0 Å². The number of aliphatic hydroxyl groups excluding tert-OH is 2. The number of aliphatic hydroxyl groups is 2. The highest BCUT2D eigenvalue weighted by Gasteiger charge is 2.24. The quantitative estimate of drug-likeness (QED) is 0.0322. The zero-order valence-corrected chi connectivity index (χ0v) is 40.5. The normalized spacial score (nSPS) is 13.6. The van der Waals surface area contributed by atoms with Gasteiger partial charge in [-0.25, -0.2) is 0 Å². The fourth-order valence-corrected chi connectivity index (χ4v) is 7.85. The number of unbranched alkanes of at least 4 members (excludes halogenated alkanes) is 27. The molecule has 356 valence electrons. The summed E-state index contributed by atoms with van der Waals surface area (Å²) in [5.74, 6) is -0.513. The van der Waals surface area contributed by atoms with Gasteiger partial charge in [0.1, 0.15) is 6.10 Å². The molecule has 3 atom stereocenters. The summed E-state index contributed by atoms with van der Waals surface area (Å²) >= 11 is 0. The van der Waals surface area contributed by atoms with Gasteiger partial charge in [-0.15, -0.1) is 0 Å². The monoisotopic (exact) mass is 856 g/mol. The number of ether oxygens (including phenoxy) is 1. The Morgan fingerprint density at radius 1 is 0.475 bits per heavy atom. The van der Waals surface area contributed by atoms with E-state index in [2.05, 4.69) is 74.7 Å². The van der Waals surface area contributed by atoms with Gasteiger partial charge in [0, 0.05) is 6.42 Å². The third-order valence-electron chi connectivity index (χ3n) is 11.9. The minimum absolute atomic E-state index is 0.0520. The van der Waals surface area contributed by atoms with Crippen LogP contribution in [0.15, 0.2) is 48.6 Å². The molecule has 6 heteroatoms. The van der Waals surface area contributed by atoms with E-state index in [0.29, 0.717) is 19.3 Å². The topological polar surface area (TPSA) is 95.9 Å². The molecule has 6 nitrogen and oxygen atoms in total. The second-order valence-corrected chi connectivity index (χ2v) is 17.9. The highest BCUT2D eigenvalue weighted by atomic mass is 16.5. The molecule has 3 unspecified atom stereocenters. The SMILES string of the molecule is CCCCC/C=C\C/C=C\C/C=C\CCCCCCCCC(=O)OC(CCC/C=C\CCCCCCCCC)CC(=O)NC(CO)C(O)CCCCCCCCCCCCC. The summed E-state index contributed by atoms with van der Waals surface area (Å²) in [7, 11) is 0. The van der Waals surface area contributed by atoms with Crippen molar-refractivity contribution < 1.29 is 24.5 Å². The molecule has 0 heterocycles. The molecule has 0 saturated carbocycles. The molecule has 0 aliphatic heterocycles. The highest BCUT2D eigenvalue weighted by molar-refractivity contribution is 5.77. The number of rotatable bonds is 47. The van der Waals surface area contributed by atoms with Crippen LogP contribution in [0.2, 0.25) is 0 Å². The van der Waals surface area contributed by atoms with Crippen LogP contribution in [0.4, 0.5) is 0 Å². The molecule has 0 spiro atoms. The molecule has 3 N–H and O–H groups in total. The molecule has 0 radical (unpaired) electrons. The van der Waals surface area contributed by atoms with Gasteiger partial charge in [-0.1, -0.05) is 217 Å². The van der Waals surface area contributed by atoms with Crippen LogP contribution in [-0.4, -0.2) is 46.9 Å². The summed E-state index contributed by atoms with van der Waals surface area (Å²) in [6.07, 6.45) is 58.9. The van der Waals surface area contributed by atoms with Crippen LogP contribution in [0.1, 0.15) is 265 Å². The number of carbonyl (C=O) groups excluding carboxylic acids is 2. The van der Waals surface area contributed by atoms with E-state index < -0.39 is 18.2 Å². The van der Waals surface area contributed by atoms with E-state index >= 15 is 0 Å². The standard InChI is InChI=1S/C55H101NO5/c1-4-7-10-13-16-19-22-24-25-26-27-28-29-30-33-36-39-42-45-48-55(60)61-51(46-43-40-37-34-32-23-20-17-14-11-8-5-2)49-54(59)56-52(50-57)53(58)47-44-41-38-35-31-21-18-15-12-9-6-3/h16,19,24-25,27-28,34,37,51-53,57-58H,4-15,17-18,20-23,26,29-33,35-36,38-50H2,1-3H3,(H,56,59)/b19-16-,25-24-,28-27-,37-34-. The number of esters is 1. The van der Waals surface area contributed by atoms with Crippen LogP contribution in [0.5, 0.6) is 0 Å². The van der Waals surface area contributed by atoms with Crippen molar-refractivity contribution in [2.24, 2.45) is 0 Å². The average Bonchev–Trinajstić information content (AvgIpc) is 3.25. The smallest absolute Gasteiger partial charge is 0.306 e. The summed E-state index contributed by atoms with van der Waals surface area (Å²) in [6, 6.07) is -0.711. The second kappa shape index (κ2) is 48.8. The zero-order chi connectivity index (χ0) is 44.5. The molecule has 0 saturated heterocycles. The van der Waals surface area contributed by atoms with Gasteiger partial charge in [0.25, 0.3) is 0 Å². The van der Waals surface area contributed by atoms with Gasteiger partial charge in [-0.05, 0) is 83.5 Å². The Bertz CT molecular complexity index is 1050. The predicted molar refractivity (Wildman–Crippen MR) is 264 cm³/mol. The van der Waals surface area contributed by atoms with E-state index in [1.165, 1.54) is 141 Å². The molecule has 0 bridgehead atoms. The maximum absolute atomic E-state index is 13.2. The minimum Gasteiger partial charge on any atom is -0.462 e. The zero-order valence-electron chi connectivity index (χ0n) is 40.5. The summed E-state index contributed by atoms with van der Waals surface area (Å²) in [4.78, 5) is 26.1. The van der Waals surface area contributed by atoms with Gasteiger partial charge in [0.15, 0.2) is 0 Å². The summed E-state index contributed by atoms with van der Waals surface area (Å²) in [5, 5.41) is 23.7. The number of nitrogens with one attached hydrogen (secondary N) is 1. The van der Waals surface area contributed by atoms with Crippen LogP contribution in [0, 0.1) is 0 Å². The summed E-state index contributed by atoms with van der Waals surface area (Å²) in [5.41, 5.74) is 0.